The molecule has 3 heterocycles. The highest BCUT2D eigenvalue weighted by molar-refractivity contribution is 5.30. The van der Waals surface area contributed by atoms with Gasteiger partial charge in [-0.2, -0.15) is 0 Å². The molecule has 2 saturated heterocycles. The van der Waals surface area contributed by atoms with Crippen LogP contribution in [0.2, 0.25) is 0 Å². The first kappa shape index (κ1) is 10.8. The number of hydrogen-bond donors (Lipinski definition) is 1. The fourth-order valence-electron chi connectivity index (χ4n) is 2.56. The van der Waals surface area contributed by atoms with E-state index < -0.39 is 0 Å². The summed E-state index contributed by atoms with van der Waals surface area (Å²) < 4.78 is 5.24. The molecule has 0 amide bonds. The van der Waals surface area contributed by atoms with Gasteiger partial charge >= 0.3 is 0 Å². The maximum absolute atomic E-state index is 5.32. The summed E-state index contributed by atoms with van der Waals surface area (Å²) in [5.41, 5.74) is 1.95. The van der Waals surface area contributed by atoms with Crippen molar-refractivity contribution in [1.29, 1.82) is 0 Å². The van der Waals surface area contributed by atoms with Gasteiger partial charge < -0.3 is 10.1 Å². The molecule has 0 spiro atoms. The lowest BCUT2D eigenvalue weighted by Crippen LogP contribution is -2.43. The molecule has 3 nitrogen and oxygen atoms in total. The van der Waals surface area contributed by atoms with E-state index in [2.05, 4.69) is 16.2 Å². The van der Waals surface area contributed by atoms with E-state index in [0.717, 1.165) is 30.9 Å². The first-order chi connectivity index (χ1) is 8.36. The summed E-state index contributed by atoms with van der Waals surface area (Å²) in [4.78, 5) is 4.43. The molecule has 17 heavy (non-hydrogen) atoms. The summed E-state index contributed by atoms with van der Waals surface area (Å²) in [6, 6.07) is 4.98. The summed E-state index contributed by atoms with van der Waals surface area (Å²) in [7, 11) is 0. The van der Waals surface area contributed by atoms with Gasteiger partial charge in [0.2, 0.25) is 0 Å². The maximum atomic E-state index is 5.32. The molecule has 0 saturated carbocycles. The first-order valence-electron chi connectivity index (χ1n) is 6.13. The van der Waals surface area contributed by atoms with Gasteiger partial charge in [0.1, 0.15) is 0 Å². The summed E-state index contributed by atoms with van der Waals surface area (Å²) in [6.45, 7) is 1.82. The Morgan fingerprint density at radius 1 is 1.35 bits per heavy atom. The van der Waals surface area contributed by atoms with Gasteiger partial charge in [-0.3, -0.25) is 4.98 Å². The highest BCUT2D eigenvalue weighted by Crippen LogP contribution is 2.31. The van der Waals surface area contributed by atoms with Crippen molar-refractivity contribution < 1.29 is 4.74 Å². The number of terminal acetylenes is 1. The van der Waals surface area contributed by atoms with Crippen LogP contribution in [0.15, 0.2) is 18.3 Å². The average Bonchev–Trinajstić information content (AvgIpc) is 2.76. The van der Waals surface area contributed by atoms with Gasteiger partial charge in [-0.15, -0.1) is 6.42 Å². The van der Waals surface area contributed by atoms with E-state index in [1.807, 2.05) is 12.1 Å². The Bertz CT molecular complexity index is 431. The summed E-state index contributed by atoms with van der Waals surface area (Å²) in [5.74, 6) is 3.29. The van der Waals surface area contributed by atoms with Crippen LogP contribution < -0.4 is 5.32 Å². The minimum absolute atomic E-state index is 0.382. The molecule has 88 valence electrons. The van der Waals surface area contributed by atoms with Crippen LogP contribution in [-0.4, -0.2) is 24.2 Å². The molecule has 2 fully saturated rings. The zero-order valence-electron chi connectivity index (χ0n) is 9.73. The molecule has 2 atom stereocenters. The minimum atomic E-state index is 0.382. The van der Waals surface area contributed by atoms with Crippen molar-refractivity contribution in [1.82, 2.24) is 10.3 Å². The topological polar surface area (TPSA) is 34.1 Å². The Morgan fingerprint density at radius 2 is 2.24 bits per heavy atom. The quantitative estimate of drug-likeness (QED) is 0.779. The molecule has 0 unspecified atom stereocenters. The number of aromatic nitrogens is 1. The highest BCUT2D eigenvalue weighted by atomic mass is 16.5. The molecular formula is C14H16N2O. The van der Waals surface area contributed by atoms with Crippen LogP contribution in [0, 0.1) is 18.3 Å². The molecule has 0 bridgehead atoms. The third-order valence-corrected chi connectivity index (χ3v) is 3.72. The second-order valence-electron chi connectivity index (χ2n) is 4.82. The third kappa shape index (κ3) is 2.06. The number of rotatable bonds is 2. The van der Waals surface area contributed by atoms with E-state index in [9.17, 15) is 0 Å². The van der Waals surface area contributed by atoms with Gasteiger partial charge in [-0.1, -0.05) is 5.92 Å². The van der Waals surface area contributed by atoms with E-state index >= 15 is 0 Å². The van der Waals surface area contributed by atoms with Crippen molar-refractivity contribution in [2.75, 3.05) is 13.2 Å². The number of nitrogens with one attached hydrogen (secondary N) is 1. The van der Waals surface area contributed by atoms with Crippen LogP contribution in [0.25, 0.3) is 0 Å². The van der Waals surface area contributed by atoms with Gasteiger partial charge in [-0.25, -0.2) is 0 Å². The molecular weight excluding hydrogens is 212 g/mol. The van der Waals surface area contributed by atoms with E-state index in [1.54, 1.807) is 6.20 Å². The van der Waals surface area contributed by atoms with Gasteiger partial charge in [0.15, 0.2) is 0 Å². The number of ether oxygens (including phenoxy) is 1. The molecule has 2 aliphatic heterocycles. The standard InChI is InChI=1S/C14H16N2O/c1-2-10-3-4-13(15-7-10)14-6-5-12(16-14)11-8-17-9-11/h1,3-4,7,11-12,14,16H,5-6,8-9H2/t12-,14-/m0/s1. The highest BCUT2D eigenvalue weighted by Gasteiger charge is 2.34. The maximum Gasteiger partial charge on any atom is 0.0574 e. The van der Waals surface area contributed by atoms with Crippen LogP contribution >= 0.6 is 0 Å². The largest absolute Gasteiger partial charge is 0.381 e. The second-order valence-corrected chi connectivity index (χ2v) is 4.82. The van der Waals surface area contributed by atoms with Crippen LogP contribution in [0.4, 0.5) is 0 Å². The smallest absolute Gasteiger partial charge is 0.0574 e. The molecule has 1 aromatic heterocycles. The van der Waals surface area contributed by atoms with Gasteiger partial charge in [0.05, 0.1) is 18.9 Å². The molecule has 1 N–H and O–H groups in total. The Balaban J connectivity index is 1.66. The minimum Gasteiger partial charge on any atom is -0.381 e. The van der Waals surface area contributed by atoms with E-state index in [0.29, 0.717) is 18.0 Å². The van der Waals surface area contributed by atoms with Crippen LogP contribution in [-0.2, 0) is 4.74 Å². The monoisotopic (exact) mass is 228 g/mol. The summed E-state index contributed by atoms with van der Waals surface area (Å²) in [6.07, 6.45) is 9.47. The Hall–Kier alpha value is -1.37. The predicted molar refractivity (Wildman–Crippen MR) is 65.4 cm³/mol. The Morgan fingerprint density at radius 3 is 2.82 bits per heavy atom. The molecule has 2 aliphatic rings. The molecule has 0 aliphatic carbocycles. The van der Waals surface area contributed by atoms with Crippen molar-refractivity contribution in [3.63, 3.8) is 0 Å². The van der Waals surface area contributed by atoms with Crippen molar-refractivity contribution in [3.05, 3.63) is 29.6 Å². The Kier molecular flexibility index (Phi) is 2.84. The van der Waals surface area contributed by atoms with Crippen LogP contribution in [0.5, 0.6) is 0 Å². The van der Waals surface area contributed by atoms with Crippen molar-refractivity contribution >= 4 is 0 Å². The first-order valence-corrected chi connectivity index (χ1v) is 6.13. The molecule has 1 aromatic rings. The van der Waals surface area contributed by atoms with Crippen LogP contribution in [0.3, 0.4) is 0 Å². The lowest BCUT2D eigenvalue weighted by molar-refractivity contribution is -0.0472. The second kappa shape index (κ2) is 4.48. The number of pyridine rings is 1. The fraction of sp³-hybridized carbons (Fsp3) is 0.500. The number of nitrogens with zero attached hydrogens (tertiary/aromatic N) is 1. The normalized spacial score (nSPS) is 28.6. The number of hydrogen-bond acceptors (Lipinski definition) is 3. The average molecular weight is 228 g/mol. The van der Waals surface area contributed by atoms with E-state index in [4.69, 9.17) is 11.2 Å². The molecule has 0 aromatic carbocycles. The zero-order chi connectivity index (χ0) is 11.7. The SMILES string of the molecule is C#Cc1ccc([C@@H]2CC[C@@H](C3COC3)N2)nc1. The predicted octanol–water partition coefficient (Wildman–Crippen LogP) is 1.50. The van der Waals surface area contributed by atoms with Crippen molar-refractivity contribution in [3.8, 4) is 12.3 Å². The Labute approximate surface area is 102 Å². The summed E-state index contributed by atoms with van der Waals surface area (Å²) in [5, 5.41) is 3.65. The molecule has 3 heteroatoms. The van der Waals surface area contributed by atoms with Gasteiger partial charge in [-0.05, 0) is 25.0 Å². The van der Waals surface area contributed by atoms with Gasteiger partial charge in [0.25, 0.3) is 0 Å². The van der Waals surface area contributed by atoms with Crippen molar-refractivity contribution in [2.45, 2.75) is 24.9 Å². The molecule has 0 radical (unpaired) electrons. The molecule has 3 rings (SSSR count). The third-order valence-electron chi connectivity index (χ3n) is 3.72. The van der Waals surface area contributed by atoms with Crippen LogP contribution in [0.1, 0.15) is 30.1 Å². The van der Waals surface area contributed by atoms with E-state index in [1.165, 1.54) is 6.42 Å². The lowest BCUT2D eigenvalue weighted by atomic mass is 9.97. The lowest BCUT2D eigenvalue weighted by Gasteiger charge is -2.31. The summed E-state index contributed by atoms with van der Waals surface area (Å²) >= 11 is 0. The fourth-order valence-corrected chi connectivity index (χ4v) is 2.56. The van der Waals surface area contributed by atoms with E-state index in [-0.39, 0.29) is 0 Å². The van der Waals surface area contributed by atoms with Crippen molar-refractivity contribution in [2.24, 2.45) is 5.92 Å². The van der Waals surface area contributed by atoms with Gasteiger partial charge in [0, 0.05) is 29.8 Å². The zero-order valence-corrected chi connectivity index (χ0v) is 9.73.